The van der Waals surface area contributed by atoms with E-state index < -0.39 is 0 Å². The van der Waals surface area contributed by atoms with Gasteiger partial charge in [-0.15, -0.1) is 0 Å². The number of aromatic nitrogens is 6. The number of ether oxygens (including phenoxy) is 1. The molecule has 2 aliphatic rings. The minimum absolute atomic E-state index is 0.240. The summed E-state index contributed by atoms with van der Waals surface area (Å²) in [7, 11) is 2.03. The Bertz CT molecular complexity index is 1460. The smallest absolute Gasteiger partial charge is 0.239 e. The van der Waals surface area contributed by atoms with Crippen LogP contribution in [0.5, 0.6) is 0 Å². The van der Waals surface area contributed by atoms with E-state index in [4.69, 9.17) is 30.4 Å². The number of rotatable bonds is 7. The van der Waals surface area contributed by atoms with Crippen molar-refractivity contribution >= 4 is 33.9 Å². The summed E-state index contributed by atoms with van der Waals surface area (Å²) in [6.07, 6.45) is 1.57. The zero-order valence-corrected chi connectivity index (χ0v) is 21.6. The predicted octanol–water partition coefficient (Wildman–Crippen LogP) is 1.45. The predicted molar refractivity (Wildman–Crippen MR) is 141 cm³/mol. The van der Waals surface area contributed by atoms with Gasteiger partial charge in [-0.2, -0.15) is 9.97 Å². The standard InChI is InChI=1S/C26H33N9O2/c1-4-20-28-18-7-5-6-8-19(18)35(20)26-30-24-22(25(31-26)33-9-11-37-12-10-33)29-21(32(24)3)13-17-14-34(15-17)16(2)23(27)36/h5-8,16-17H,4,9-15H2,1-3H3,(H2,27,36)/t16-/m0/s1. The highest BCUT2D eigenvalue weighted by atomic mass is 16.5. The van der Waals surface area contributed by atoms with Crippen LogP contribution in [0.1, 0.15) is 25.5 Å². The molecule has 0 aliphatic carbocycles. The van der Waals surface area contributed by atoms with E-state index in [-0.39, 0.29) is 11.9 Å². The second kappa shape index (κ2) is 9.38. The summed E-state index contributed by atoms with van der Waals surface area (Å²) in [6, 6.07) is 7.87. The van der Waals surface area contributed by atoms with E-state index in [9.17, 15) is 4.79 Å². The number of hydrogen-bond acceptors (Lipinski definition) is 8. The normalized spacial score (nSPS) is 18.0. The number of benzene rings is 1. The van der Waals surface area contributed by atoms with Crippen molar-refractivity contribution in [2.24, 2.45) is 18.7 Å². The highest BCUT2D eigenvalue weighted by Crippen LogP contribution is 2.30. The van der Waals surface area contributed by atoms with Gasteiger partial charge in [-0.25, -0.2) is 9.97 Å². The van der Waals surface area contributed by atoms with E-state index in [1.807, 2.05) is 32.2 Å². The fraction of sp³-hybridized carbons (Fsp3) is 0.500. The Morgan fingerprint density at radius 2 is 1.86 bits per heavy atom. The number of imidazole rings is 2. The molecule has 2 aliphatic heterocycles. The molecule has 0 spiro atoms. The van der Waals surface area contributed by atoms with Gasteiger partial charge in [0.05, 0.1) is 30.3 Å². The quantitative estimate of drug-likeness (QED) is 0.402. The van der Waals surface area contributed by atoms with Gasteiger partial charge in [-0.1, -0.05) is 19.1 Å². The number of anilines is 1. The Balaban J connectivity index is 1.42. The first-order valence-electron chi connectivity index (χ1n) is 13.0. The van der Waals surface area contributed by atoms with Crippen LogP contribution in [0, 0.1) is 5.92 Å². The van der Waals surface area contributed by atoms with Gasteiger partial charge >= 0.3 is 0 Å². The topological polar surface area (TPSA) is 120 Å². The number of primary amides is 1. The molecule has 0 radical (unpaired) electrons. The van der Waals surface area contributed by atoms with Crippen molar-refractivity contribution in [3.63, 3.8) is 0 Å². The number of morpholine rings is 1. The van der Waals surface area contributed by atoms with Crippen LogP contribution < -0.4 is 10.6 Å². The molecule has 3 aromatic heterocycles. The van der Waals surface area contributed by atoms with Crippen molar-refractivity contribution in [2.75, 3.05) is 44.3 Å². The van der Waals surface area contributed by atoms with E-state index in [1.165, 1.54) is 0 Å². The molecule has 2 saturated heterocycles. The number of amides is 1. The SMILES string of the molecule is CCc1nc2ccccc2n1-c1nc(N2CCOCC2)c2nc(CC3CN([C@@H](C)C(N)=O)C3)n(C)c2n1. The first kappa shape index (κ1) is 23.8. The number of likely N-dealkylation sites (tertiary alicyclic amines) is 1. The number of fused-ring (bicyclic) bond motifs is 2. The van der Waals surface area contributed by atoms with Gasteiger partial charge in [0.1, 0.15) is 11.6 Å². The lowest BCUT2D eigenvalue weighted by Crippen LogP contribution is -2.55. The molecule has 1 aromatic carbocycles. The number of carbonyl (C=O) groups is 1. The maximum Gasteiger partial charge on any atom is 0.239 e. The van der Waals surface area contributed by atoms with E-state index in [2.05, 4.69) is 31.9 Å². The van der Waals surface area contributed by atoms with Gasteiger partial charge in [-0.05, 0) is 25.0 Å². The number of hydrogen-bond donors (Lipinski definition) is 1. The zero-order chi connectivity index (χ0) is 25.7. The lowest BCUT2D eigenvalue weighted by molar-refractivity contribution is -0.125. The molecule has 6 rings (SSSR count). The monoisotopic (exact) mass is 503 g/mol. The molecular weight excluding hydrogens is 470 g/mol. The number of para-hydroxylation sites is 2. The molecule has 1 amide bonds. The molecule has 2 N–H and O–H groups in total. The van der Waals surface area contributed by atoms with E-state index in [0.29, 0.717) is 25.1 Å². The number of carbonyl (C=O) groups excluding carboxylic acids is 1. The van der Waals surface area contributed by atoms with Crippen LogP contribution in [0.3, 0.4) is 0 Å². The van der Waals surface area contributed by atoms with E-state index in [1.54, 1.807) is 0 Å². The third kappa shape index (κ3) is 4.11. The van der Waals surface area contributed by atoms with Gasteiger partial charge in [0.25, 0.3) is 0 Å². The number of nitrogens with two attached hydrogens (primary N) is 1. The molecule has 0 unspecified atom stereocenters. The first-order valence-corrected chi connectivity index (χ1v) is 13.0. The van der Waals surface area contributed by atoms with Crippen LogP contribution >= 0.6 is 0 Å². The molecule has 2 fully saturated rings. The van der Waals surface area contributed by atoms with Crippen LogP contribution in [-0.2, 0) is 29.4 Å². The average molecular weight is 504 g/mol. The molecule has 37 heavy (non-hydrogen) atoms. The molecule has 1 atom stereocenters. The Morgan fingerprint density at radius 1 is 1.11 bits per heavy atom. The van der Waals surface area contributed by atoms with Gasteiger partial charge in [0.2, 0.25) is 11.9 Å². The fourth-order valence-corrected chi connectivity index (χ4v) is 5.39. The maximum atomic E-state index is 11.5. The summed E-state index contributed by atoms with van der Waals surface area (Å²) in [6.45, 7) is 8.46. The molecule has 11 heteroatoms. The second-order valence-corrected chi connectivity index (χ2v) is 10.0. The Kier molecular flexibility index (Phi) is 6.04. The Morgan fingerprint density at radius 3 is 2.59 bits per heavy atom. The summed E-state index contributed by atoms with van der Waals surface area (Å²) in [5.41, 5.74) is 9.03. The van der Waals surface area contributed by atoms with Gasteiger partial charge < -0.3 is 19.9 Å². The number of aryl methyl sites for hydroxylation is 2. The van der Waals surface area contributed by atoms with Crippen molar-refractivity contribution in [3.05, 3.63) is 35.9 Å². The maximum absolute atomic E-state index is 11.5. The zero-order valence-electron chi connectivity index (χ0n) is 21.6. The first-order chi connectivity index (χ1) is 17.9. The molecule has 194 valence electrons. The molecular formula is C26H33N9O2. The third-order valence-corrected chi connectivity index (χ3v) is 7.65. The van der Waals surface area contributed by atoms with Crippen molar-refractivity contribution in [3.8, 4) is 5.95 Å². The van der Waals surface area contributed by atoms with Gasteiger partial charge in [0, 0.05) is 46.1 Å². The van der Waals surface area contributed by atoms with Crippen LogP contribution in [0.25, 0.3) is 28.1 Å². The minimum Gasteiger partial charge on any atom is -0.378 e. The summed E-state index contributed by atoms with van der Waals surface area (Å²) < 4.78 is 9.78. The van der Waals surface area contributed by atoms with E-state index in [0.717, 1.165) is 78.7 Å². The van der Waals surface area contributed by atoms with Crippen molar-refractivity contribution in [1.29, 1.82) is 0 Å². The summed E-state index contributed by atoms with van der Waals surface area (Å²) in [5.74, 6) is 3.48. The van der Waals surface area contributed by atoms with Crippen LogP contribution in [0.4, 0.5) is 5.82 Å². The largest absolute Gasteiger partial charge is 0.378 e. The average Bonchev–Trinajstić information content (AvgIpc) is 3.42. The highest BCUT2D eigenvalue weighted by Gasteiger charge is 2.34. The second-order valence-electron chi connectivity index (χ2n) is 10.0. The van der Waals surface area contributed by atoms with Gasteiger partial charge in [-0.3, -0.25) is 14.3 Å². The van der Waals surface area contributed by atoms with Crippen LogP contribution in [0.15, 0.2) is 24.3 Å². The summed E-state index contributed by atoms with van der Waals surface area (Å²) >= 11 is 0. The van der Waals surface area contributed by atoms with Crippen molar-refractivity contribution in [2.45, 2.75) is 32.7 Å². The van der Waals surface area contributed by atoms with Gasteiger partial charge in [0.15, 0.2) is 17.0 Å². The Labute approximate surface area is 215 Å². The van der Waals surface area contributed by atoms with Crippen LogP contribution in [0.2, 0.25) is 0 Å². The molecule has 5 heterocycles. The lowest BCUT2D eigenvalue weighted by Gasteiger charge is -2.41. The third-order valence-electron chi connectivity index (χ3n) is 7.65. The molecule has 0 saturated carbocycles. The summed E-state index contributed by atoms with van der Waals surface area (Å²) in [4.78, 5) is 36.0. The van der Waals surface area contributed by atoms with Crippen molar-refractivity contribution in [1.82, 2.24) is 34.0 Å². The minimum atomic E-state index is -0.280. The fourth-order valence-electron chi connectivity index (χ4n) is 5.39. The summed E-state index contributed by atoms with van der Waals surface area (Å²) in [5, 5.41) is 0. The lowest BCUT2D eigenvalue weighted by atomic mass is 9.94. The Hall–Kier alpha value is -3.57. The van der Waals surface area contributed by atoms with E-state index >= 15 is 0 Å². The molecule has 11 nitrogen and oxygen atoms in total. The van der Waals surface area contributed by atoms with Crippen molar-refractivity contribution < 1.29 is 9.53 Å². The molecule has 0 bridgehead atoms. The molecule has 4 aromatic rings. The van der Waals surface area contributed by atoms with Crippen LogP contribution in [-0.4, -0.2) is 85.3 Å². The highest BCUT2D eigenvalue weighted by molar-refractivity contribution is 5.86. The number of nitrogens with zero attached hydrogens (tertiary/aromatic N) is 8.